The second-order valence-corrected chi connectivity index (χ2v) is 8.43. The molecule has 0 unspecified atom stereocenters. The van der Waals surface area contributed by atoms with Gasteiger partial charge in [-0.25, -0.2) is 4.98 Å². The molecular weight excluding hydrogens is 423 g/mol. The van der Waals surface area contributed by atoms with Gasteiger partial charge < -0.3 is 16.8 Å². The molecule has 0 atom stereocenters. The molecule has 5 N–H and O–H groups in total. The van der Waals surface area contributed by atoms with Crippen LogP contribution in [0, 0.1) is 0 Å². The van der Waals surface area contributed by atoms with Gasteiger partial charge in [-0.3, -0.25) is 4.79 Å². The minimum Gasteiger partial charge on any atom is -0.382 e. The van der Waals surface area contributed by atoms with Crippen LogP contribution in [-0.4, -0.2) is 23.1 Å². The molecule has 2 aromatic carbocycles. The maximum Gasteiger partial charge on any atom is 0.209 e. The smallest absolute Gasteiger partial charge is 0.209 e. The van der Waals surface area contributed by atoms with Crippen LogP contribution in [0.15, 0.2) is 47.4 Å². The van der Waals surface area contributed by atoms with Gasteiger partial charge in [0.05, 0.1) is 15.6 Å². The van der Waals surface area contributed by atoms with Crippen LogP contribution in [0.25, 0.3) is 0 Å². The summed E-state index contributed by atoms with van der Waals surface area (Å²) in [6, 6.07) is 12.8. The maximum atomic E-state index is 12.8. The summed E-state index contributed by atoms with van der Waals surface area (Å²) >= 11 is 15.1. The average molecular weight is 439 g/mol. The zero-order chi connectivity index (χ0) is 19.4. The molecule has 0 aliphatic rings. The summed E-state index contributed by atoms with van der Waals surface area (Å²) in [5, 5.41) is 4.23. The van der Waals surface area contributed by atoms with Gasteiger partial charge in [-0.1, -0.05) is 40.6 Å². The lowest BCUT2D eigenvalue weighted by atomic mass is 10.1. The highest BCUT2D eigenvalue weighted by atomic mass is 35.5. The van der Waals surface area contributed by atoms with Crippen molar-refractivity contribution in [2.24, 2.45) is 5.73 Å². The van der Waals surface area contributed by atoms with Gasteiger partial charge in [0.1, 0.15) is 10.7 Å². The Bertz CT molecular complexity index is 940. The molecule has 140 valence electrons. The Balaban J connectivity index is 1.79. The summed E-state index contributed by atoms with van der Waals surface area (Å²) in [7, 11) is 0. The van der Waals surface area contributed by atoms with Crippen LogP contribution in [0.1, 0.15) is 15.2 Å². The molecule has 1 aromatic heterocycles. The third-order valence-corrected chi connectivity index (χ3v) is 6.20. The molecule has 0 amide bonds. The van der Waals surface area contributed by atoms with Gasteiger partial charge >= 0.3 is 0 Å². The number of benzene rings is 2. The number of halogens is 2. The number of anilines is 3. The number of thiazole rings is 1. The zero-order valence-corrected chi connectivity index (χ0v) is 17.2. The number of nitrogens with one attached hydrogen (secondary N) is 1. The van der Waals surface area contributed by atoms with E-state index in [1.165, 1.54) is 0 Å². The highest BCUT2D eigenvalue weighted by molar-refractivity contribution is 7.99. The molecule has 0 saturated carbocycles. The predicted octanol–water partition coefficient (Wildman–Crippen LogP) is 5.06. The summed E-state index contributed by atoms with van der Waals surface area (Å²) in [6.45, 7) is 0.634. The van der Waals surface area contributed by atoms with Crippen molar-refractivity contribution >= 4 is 68.7 Å². The largest absolute Gasteiger partial charge is 0.382 e. The second-order valence-electron chi connectivity index (χ2n) is 5.45. The highest BCUT2D eigenvalue weighted by Gasteiger charge is 2.22. The molecule has 0 saturated heterocycles. The van der Waals surface area contributed by atoms with Gasteiger partial charge in [0.2, 0.25) is 5.78 Å². The van der Waals surface area contributed by atoms with Gasteiger partial charge in [-0.2, -0.15) is 0 Å². The lowest BCUT2D eigenvalue weighted by Gasteiger charge is -2.05. The number of nitrogen functional groups attached to an aromatic ring is 1. The van der Waals surface area contributed by atoms with Crippen molar-refractivity contribution in [2.75, 3.05) is 23.3 Å². The molecular formula is C18H16Cl2N4OS2. The summed E-state index contributed by atoms with van der Waals surface area (Å²) in [6.07, 6.45) is 0. The van der Waals surface area contributed by atoms with E-state index in [1.807, 2.05) is 24.3 Å². The van der Waals surface area contributed by atoms with Crippen LogP contribution in [0.5, 0.6) is 0 Å². The molecule has 0 bridgehead atoms. The minimum atomic E-state index is -0.345. The van der Waals surface area contributed by atoms with E-state index in [1.54, 1.807) is 30.0 Å². The molecule has 3 aromatic rings. The fourth-order valence-electron chi connectivity index (χ4n) is 2.31. The van der Waals surface area contributed by atoms with Crippen molar-refractivity contribution in [3.8, 4) is 0 Å². The number of hydrogen-bond donors (Lipinski definition) is 3. The fraction of sp³-hybridized carbons (Fsp3) is 0.111. The van der Waals surface area contributed by atoms with Gasteiger partial charge in [0.15, 0.2) is 5.13 Å². The molecule has 9 heteroatoms. The van der Waals surface area contributed by atoms with Crippen LogP contribution >= 0.6 is 46.3 Å². The van der Waals surface area contributed by atoms with E-state index in [9.17, 15) is 4.79 Å². The van der Waals surface area contributed by atoms with Crippen molar-refractivity contribution in [2.45, 2.75) is 4.90 Å². The fourth-order valence-corrected chi connectivity index (χ4v) is 4.41. The Morgan fingerprint density at radius 1 is 1.15 bits per heavy atom. The quantitative estimate of drug-likeness (QED) is 0.352. The molecule has 5 nitrogen and oxygen atoms in total. The van der Waals surface area contributed by atoms with Crippen LogP contribution in [0.4, 0.5) is 16.6 Å². The number of hydrogen-bond acceptors (Lipinski definition) is 7. The maximum absolute atomic E-state index is 12.8. The summed E-state index contributed by atoms with van der Waals surface area (Å²) < 4.78 is 0. The van der Waals surface area contributed by atoms with Gasteiger partial charge in [-0.15, -0.1) is 11.8 Å². The standard InChI is InChI=1S/C18H16Cl2N4OS2/c19-12-2-1-3-13(20)14(12)15(25)16-17(22)24-18(27-16)23-10-4-6-11(7-5-10)26-9-8-21/h1-7H,8-9,21-22H2,(H,23,24). The van der Waals surface area contributed by atoms with E-state index in [-0.39, 0.29) is 27.2 Å². The van der Waals surface area contributed by atoms with Crippen LogP contribution < -0.4 is 16.8 Å². The van der Waals surface area contributed by atoms with E-state index in [4.69, 9.17) is 34.7 Å². The number of carbonyl (C=O) groups is 1. The molecule has 27 heavy (non-hydrogen) atoms. The van der Waals surface area contributed by atoms with Crippen LogP contribution in [0.2, 0.25) is 10.0 Å². The summed E-state index contributed by atoms with van der Waals surface area (Å²) in [5.74, 6) is 0.659. The van der Waals surface area contributed by atoms with Crippen LogP contribution in [0.3, 0.4) is 0 Å². The minimum absolute atomic E-state index is 0.138. The Morgan fingerprint density at radius 3 is 2.44 bits per heavy atom. The summed E-state index contributed by atoms with van der Waals surface area (Å²) in [5.41, 5.74) is 12.5. The van der Waals surface area contributed by atoms with Gasteiger partial charge in [0, 0.05) is 22.9 Å². The number of rotatable bonds is 7. The first-order valence-electron chi connectivity index (χ1n) is 7.94. The third-order valence-electron chi connectivity index (χ3n) is 3.54. The van der Waals surface area contributed by atoms with Gasteiger partial charge in [0.25, 0.3) is 0 Å². The monoisotopic (exact) mass is 438 g/mol. The van der Waals surface area contributed by atoms with Crippen molar-refractivity contribution < 1.29 is 4.79 Å². The number of nitrogens with two attached hydrogens (primary N) is 2. The lowest BCUT2D eigenvalue weighted by molar-refractivity contribution is 0.104. The van der Waals surface area contributed by atoms with Crippen molar-refractivity contribution in [3.05, 3.63) is 63.0 Å². The van der Waals surface area contributed by atoms with Crippen molar-refractivity contribution in [1.82, 2.24) is 4.98 Å². The van der Waals surface area contributed by atoms with E-state index < -0.39 is 0 Å². The topological polar surface area (TPSA) is 94.0 Å². The first-order chi connectivity index (χ1) is 13.0. The van der Waals surface area contributed by atoms with E-state index in [0.717, 1.165) is 27.7 Å². The Kier molecular flexibility index (Phi) is 6.62. The number of nitrogens with zero attached hydrogens (tertiary/aromatic N) is 1. The SMILES string of the molecule is NCCSc1ccc(Nc2nc(N)c(C(=O)c3c(Cl)cccc3Cl)s2)cc1. The molecule has 0 fully saturated rings. The van der Waals surface area contributed by atoms with Gasteiger partial charge in [-0.05, 0) is 36.4 Å². The van der Waals surface area contributed by atoms with Crippen LogP contribution in [-0.2, 0) is 0 Å². The Morgan fingerprint density at radius 2 is 1.81 bits per heavy atom. The predicted molar refractivity (Wildman–Crippen MR) is 116 cm³/mol. The molecule has 0 spiro atoms. The Hall–Kier alpha value is -1.77. The number of thioether (sulfide) groups is 1. The lowest BCUT2D eigenvalue weighted by Crippen LogP contribution is -2.04. The molecule has 0 radical (unpaired) electrons. The van der Waals surface area contributed by atoms with E-state index >= 15 is 0 Å². The van der Waals surface area contributed by atoms with Crippen molar-refractivity contribution in [1.29, 1.82) is 0 Å². The van der Waals surface area contributed by atoms with E-state index in [2.05, 4.69) is 10.3 Å². The summed E-state index contributed by atoms with van der Waals surface area (Å²) in [4.78, 5) is 18.5. The zero-order valence-electron chi connectivity index (χ0n) is 14.0. The van der Waals surface area contributed by atoms with Crippen molar-refractivity contribution in [3.63, 3.8) is 0 Å². The number of carbonyl (C=O) groups excluding carboxylic acids is 1. The highest BCUT2D eigenvalue weighted by Crippen LogP contribution is 2.34. The second kappa shape index (κ2) is 8.95. The first-order valence-corrected chi connectivity index (χ1v) is 10.5. The Labute approximate surface area is 175 Å². The normalized spacial score (nSPS) is 10.8. The molecule has 1 heterocycles. The number of aromatic nitrogens is 1. The third kappa shape index (κ3) is 4.75. The molecule has 0 aliphatic carbocycles. The van der Waals surface area contributed by atoms with E-state index in [0.29, 0.717) is 16.6 Å². The first kappa shape index (κ1) is 20.0. The average Bonchev–Trinajstić information content (AvgIpc) is 3.01. The number of ketones is 1. The molecule has 3 rings (SSSR count). The molecule has 0 aliphatic heterocycles.